The average molecular weight is 179 g/mol. The number of nitrogens with zero attached hydrogens (tertiary/aromatic N) is 1. The molecule has 0 aliphatic heterocycles. The highest BCUT2D eigenvalue weighted by molar-refractivity contribution is 5.95. The summed E-state index contributed by atoms with van der Waals surface area (Å²) in [6.07, 6.45) is 1.28. The molecule has 0 bridgehead atoms. The number of hydrogen-bond donors (Lipinski definition) is 2. The van der Waals surface area contributed by atoms with Gasteiger partial charge in [0.2, 0.25) is 0 Å². The quantitative estimate of drug-likeness (QED) is 0.687. The molecule has 5 heteroatoms. The Hall–Kier alpha value is -2.04. The van der Waals surface area contributed by atoms with Crippen molar-refractivity contribution < 1.29 is 19.5 Å². The summed E-state index contributed by atoms with van der Waals surface area (Å²) >= 11 is 0. The van der Waals surface area contributed by atoms with Gasteiger partial charge in [-0.25, -0.2) is 4.79 Å². The summed E-state index contributed by atoms with van der Waals surface area (Å²) in [6, 6.07) is 2.51. The molecule has 0 atom stereocenters. The summed E-state index contributed by atoms with van der Waals surface area (Å²) in [7, 11) is 0. The van der Waals surface area contributed by atoms with Crippen LogP contribution in [0.4, 0.5) is 0 Å². The Bertz CT molecular complexity index is 474. The van der Waals surface area contributed by atoms with E-state index in [9.17, 15) is 9.90 Å². The fraction of sp³-hybridized carbons (Fsp3) is 0. The predicted octanol–water partition coefficient (Wildman–Crippen LogP) is 1.23. The largest absolute Gasteiger partial charge is 0.506 e. The van der Waals surface area contributed by atoms with E-state index in [1.54, 1.807) is 0 Å². The van der Waals surface area contributed by atoms with Crippen molar-refractivity contribution in [2.45, 2.75) is 0 Å². The van der Waals surface area contributed by atoms with E-state index in [0.717, 1.165) is 6.07 Å². The molecule has 13 heavy (non-hydrogen) atoms. The lowest BCUT2D eigenvalue weighted by atomic mass is 10.1. The van der Waals surface area contributed by atoms with E-state index in [0.29, 0.717) is 5.39 Å². The number of phenolic OH excluding ortho intramolecular Hbond substituents is 1. The topological polar surface area (TPSA) is 83.6 Å². The van der Waals surface area contributed by atoms with Gasteiger partial charge in [0, 0.05) is 5.39 Å². The Balaban J connectivity index is 2.77. The molecule has 0 aliphatic carbocycles. The van der Waals surface area contributed by atoms with Crippen molar-refractivity contribution in [3.8, 4) is 5.75 Å². The third-order valence-corrected chi connectivity index (χ3v) is 1.69. The molecule has 0 saturated heterocycles. The zero-order chi connectivity index (χ0) is 9.42. The maximum Gasteiger partial charge on any atom is 0.335 e. The molecule has 0 unspecified atom stereocenters. The van der Waals surface area contributed by atoms with Crippen molar-refractivity contribution >= 4 is 16.9 Å². The molecular formula is C8H5NO4. The number of aromatic hydroxyl groups is 1. The van der Waals surface area contributed by atoms with Crippen LogP contribution in [0.2, 0.25) is 0 Å². The van der Waals surface area contributed by atoms with Crippen LogP contribution in [0.5, 0.6) is 5.75 Å². The Morgan fingerprint density at radius 2 is 2.23 bits per heavy atom. The number of hydrogen-bond acceptors (Lipinski definition) is 4. The first-order valence-corrected chi connectivity index (χ1v) is 3.49. The Morgan fingerprint density at radius 1 is 1.46 bits per heavy atom. The second kappa shape index (κ2) is 2.48. The minimum Gasteiger partial charge on any atom is -0.506 e. The molecule has 0 spiro atoms. The second-order valence-electron chi connectivity index (χ2n) is 2.55. The molecule has 5 nitrogen and oxygen atoms in total. The molecule has 1 aromatic carbocycles. The summed E-state index contributed by atoms with van der Waals surface area (Å²) < 4.78 is 4.58. The van der Waals surface area contributed by atoms with Gasteiger partial charge in [-0.1, -0.05) is 5.16 Å². The number of carboxylic acids is 1. The van der Waals surface area contributed by atoms with Crippen LogP contribution in [0.1, 0.15) is 10.4 Å². The molecule has 2 N–H and O–H groups in total. The van der Waals surface area contributed by atoms with E-state index in [4.69, 9.17) is 5.11 Å². The van der Waals surface area contributed by atoms with Crippen molar-refractivity contribution in [3.05, 3.63) is 24.0 Å². The summed E-state index contributed by atoms with van der Waals surface area (Å²) in [5.74, 6) is -1.29. The van der Waals surface area contributed by atoms with Crippen molar-refractivity contribution in [2.24, 2.45) is 0 Å². The van der Waals surface area contributed by atoms with Gasteiger partial charge < -0.3 is 14.7 Å². The number of aromatic nitrogens is 1. The highest BCUT2D eigenvalue weighted by atomic mass is 16.5. The highest BCUT2D eigenvalue weighted by Gasteiger charge is 2.10. The van der Waals surface area contributed by atoms with Crippen LogP contribution in [0.25, 0.3) is 10.9 Å². The lowest BCUT2D eigenvalue weighted by Crippen LogP contribution is -1.95. The van der Waals surface area contributed by atoms with Crippen molar-refractivity contribution in [1.29, 1.82) is 0 Å². The van der Waals surface area contributed by atoms with Crippen LogP contribution >= 0.6 is 0 Å². The van der Waals surface area contributed by atoms with Crippen molar-refractivity contribution in [1.82, 2.24) is 5.16 Å². The zero-order valence-corrected chi connectivity index (χ0v) is 6.39. The molecule has 0 fully saturated rings. The maximum absolute atomic E-state index is 10.6. The molecular weight excluding hydrogens is 174 g/mol. The summed E-state index contributed by atoms with van der Waals surface area (Å²) in [5, 5.41) is 21.9. The van der Waals surface area contributed by atoms with Gasteiger partial charge >= 0.3 is 5.97 Å². The Morgan fingerprint density at radius 3 is 2.92 bits per heavy atom. The predicted molar refractivity (Wildman–Crippen MR) is 42.6 cm³/mol. The number of fused-ring (bicyclic) bond motifs is 1. The smallest absolute Gasteiger partial charge is 0.335 e. The molecule has 1 aromatic heterocycles. The normalized spacial score (nSPS) is 10.5. The Kier molecular flexibility index (Phi) is 1.45. The number of carboxylic acid groups (broad SMARTS) is 1. The van der Waals surface area contributed by atoms with Gasteiger partial charge in [-0.2, -0.15) is 0 Å². The fourth-order valence-corrected chi connectivity index (χ4v) is 1.09. The van der Waals surface area contributed by atoms with E-state index in [1.807, 2.05) is 0 Å². The van der Waals surface area contributed by atoms with Gasteiger partial charge in [-0.05, 0) is 12.1 Å². The first-order valence-electron chi connectivity index (χ1n) is 3.49. The molecule has 1 heterocycles. The molecule has 0 saturated carbocycles. The fourth-order valence-electron chi connectivity index (χ4n) is 1.09. The summed E-state index contributed by atoms with van der Waals surface area (Å²) in [6.45, 7) is 0. The van der Waals surface area contributed by atoms with E-state index in [-0.39, 0.29) is 16.8 Å². The third-order valence-electron chi connectivity index (χ3n) is 1.69. The number of rotatable bonds is 1. The lowest BCUT2D eigenvalue weighted by Gasteiger charge is -1.95. The second-order valence-corrected chi connectivity index (χ2v) is 2.55. The van der Waals surface area contributed by atoms with Gasteiger partial charge in [-0.15, -0.1) is 0 Å². The van der Waals surface area contributed by atoms with Crippen LogP contribution in [0.3, 0.4) is 0 Å². The molecule has 2 aromatic rings. The number of phenols is 1. The first kappa shape index (κ1) is 7.60. The number of benzene rings is 1. The summed E-state index contributed by atoms with van der Waals surface area (Å²) in [4.78, 5) is 10.6. The van der Waals surface area contributed by atoms with Gasteiger partial charge in [0.1, 0.15) is 12.0 Å². The minimum atomic E-state index is -1.10. The van der Waals surface area contributed by atoms with E-state index >= 15 is 0 Å². The van der Waals surface area contributed by atoms with Crippen LogP contribution < -0.4 is 0 Å². The molecule has 0 aliphatic rings. The van der Waals surface area contributed by atoms with Crippen molar-refractivity contribution in [3.63, 3.8) is 0 Å². The summed E-state index contributed by atoms with van der Waals surface area (Å²) in [5.41, 5.74) is 0.276. The number of aromatic carboxylic acids is 1. The SMILES string of the molecule is O=C(O)c1cc(O)c2nocc2c1. The van der Waals surface area contributed by atoms with Gasteiger partial charge in [0.05, 0.1) is 5.56 Å². The van der Waals surface area contributed by atoms with Crippen LogP contribution in [0, 0.1) is 0 Å². The molecule has 2 rings (SSSR count). The zero-order valence-electron chi connectivity index (χ0n) is 6.39. The standard InChI is InChI=1S/C8H5NO4/c10-6-2-4(8(11)12)1-5-3-13-9-7(5)6/h1-3,10H,(H,11,12). The first-order chi connectivity index (χ1) is 6.18. The van der Waals surface area contributed by atoms with Gasteiger partial charge in [-0.3, -0.25) is 0 Å². The van der Waals surface area contributed by atoms with Crippen LogP contribution in [-0.2, 0) is 0 Å². The average Bonchev–Trinajstić information content (AvgIpc) is 2.51. The number of carbonyl (C=O) groups is 1. The third kappa shape index (κ3) is 1.10. The molecule has 0 radical (unpaired) electrons. The van der Waals surface area contributed by atoms with Crippen molar-refractivity contribution in [2.75, 3.05) is 0 Å². The van der Waals surface area contributed by atoms with Gasteiger partial charge in [0.15, 0.2) is 5.52 Å². The lowest BCUT2D eigenvalue weighted by molar-refractivity contribution is 0.0696. The highest BCUT2D eigenvalue weighted by Crippen LogP contribution is 2.24. The van der Waals surface area contributed by atoms with Crippen LogP contribution in [-0.4, -0.2) is 21.3 Å². The van der Waals surface area contributed by atoms with E-state index in [2.05, 4.69) is 9.68 Å². The van der Waals surface area contributed by atoms with E-state index in [1.165, 1.54) is 12.3 Å². The Labute approximate surface area is 72.2 Å². The monoisotopic (exact) mass is 179 g/mol. The van der Waals surface area contributed by atoms with Gasteiger partial charge in [0.25, 0.3) is 0 Å². The minimum absolute atomic E-state index is 0.00759. The van der Waals surface area contributed by atoms with Crippen LogP contribution in [0.15, 0.2) is 22.9 Å². The molecule has 0 amide bonds. The maximum atomic E-state index is 10.6. The van der Waals surface area contributed by atoms with E-state index < -0.39 is 5.97 Å². The molecule has 66 valence electrons.